The molecule has 0 aliphatic carbocycles. The van der Waals surface area contributed by atoms with Crippen molar-refractivity contribution >= 4 is 17.3 Å². The molecule has 2 nitrogen and oxygen atoms in total. The van der Waals surface area contributed by atoms with Crippen molar-refractivity contribution in [3.05, 3.63) is 58.9 Å². The maximum atomic E-state index is 13.5. The average Bonchev–Trinajstić information content (AvgIpc) is 2.39. The molecule has 0 saturated heterocycles. The minimum Gasteiger partial charge on any atom is -0.435 e. The van der Waals surface area contributed by atoms with E-state index in [0.29, 0.717) is 16.3 Å². The summed E-state index contributed by atoms with van der Waals surface area (Å²) >= 11 is 5.89. The number of nitrogens with one attached hydrogen (secondary N) is 1. The first-order valence-electron chi connectivity index (χ1n) is 5.78. The van der Waals surface area contributed by atoms with Crippen LogP contribution in [0.2, 0.25) is 5.02 Å². The molecule has 0 heterocycles. The summed E-state index contributed by atoms with van der Waals surface area (Å²) < 4.78 is 41.7. The Morgan fingerprint density at radius 1 is 1.10 bits per heavy atom. The van der Waals surface area contributed by atoms with Crippen molar-refractivity contribution in [3.8, 4) is 5.75 Å². The van der Waals surface area contributed by atoms with Crippen molar-refractivity contribution in [2.75, 3.05) is 5.32 Å². The topological polar surface area (TPSA) is 21.3 Å². The molecule has 0 atom stereocenters. The second-order valence-electron chi connectivity index (χ2n) is 3.96. The van der Waals surface area contributed by atoms with Crippen LogP contribution in [-0.4, -0.2) is 6.61 Å². The van der Waals surface area contributed by atoms with Crippen LogP contribution in [0.3, 0.4) is 0 Å². The highest BCUT2D eigenvalue weighted by atomic mass is 35.5. The number of rotatable bonds is 5. The van der Waals surface area contributed by atoms with E-state index in [0.717, 1.165) is 0 Å². The lowest BCUT2D eigenvalue weighted by Crippen LogP contribution is -2.04. The molecule has 6 heteroatoms. The minimum atomic E-state index is -2.86. The van der Waals surface area contributed by atoms with Gasteiger partial charge >= 0.3 is 6.61 Å². The molecular weight excluding hydrogens is 291 g/mol. The van der Waals surface area contributed by atoms with Gasteiger partial charge in [0.2, 0.25) is 0 Å². The monoisotopic (exact) mass is 301 g/mol. The Morgan fingerprint density at radius 3 is 2.40 bits per heavy atom. The number of benzene rings is 2. The standard InChI is InChI=1S/C14H11ClF3NO/c15-12-2-1-3-13(16)11(12)8-19-9-4-6-10(7-5-9)20-14(17)18/h1-7,14,19H,8H2. The molecule has 2 rings (SSSR count). The highest BCUT2D eigenvalue weighted by Gasteiger charge is 2.07. The number of hydrogen-bond donors (Lipinski definition) is 1. The zero-order valence-corrected chi connectivity index (χ0v) is 11.0. The molecule has 0 aliphatic heterocycles. The summed E-state index contributed by atoms with van der Waals surface area (Å²) in [5, 5.41) is 3.28. The highest BCUT2D eigenvalue weighted by Crippen LogP contribution is 2.22. The number of alkyl halides is 2. The molecule has 0 radical (unpaired) electrons. The molecule has 0 amide bonds. The molecule has 1 N–H and O–H groups in total. The molecule has 20 heavy (non-hydrogen) atoms. The summed E-state index contributed by atoms with van der Waals surface area (Å²) in [7, 11) is 0. The first-order valence-corrected chi connectivity index (χ1v) is 6.15. The van der Waals surface area contributed by atoms with Crippen LogP contribution < -0.4 is 10.1 Å². The maximum absolute atomic E-state index is 13.5. The Morgan fingerprint density at radius 2 is 1.80 bits per heavy atom. The van der Waals surface area contributed by atoms with Crippen molar-refractivity contribution in [3.63, 3.8) is 0 Å². The van der Waals surface area contributed by atoms with E-state index in [-0.39, 0.29) is 12.3 Å². The summed E-state index contributed by atoms with van der Waals surface area (Å²) in [6.45, 7) is -2.66. The van der Waals surface area contributed by atoms with Crippen LogP contribution in [0.4, 0.5) is 18.9 Å². The summed E-state index contributed by atoms with van der Waals surface area (Å²) in [5.74, 6) is -0.336. The van der Waals surface area contributed by atoms with E-state index in [1.807, 2.05) is 0 Å². The smallest absolute Gasteiger partial charge is 0.387 e. The highest BCUT2D eigenvalue weighted by molar-refractivity contribution is 6.31. The number of halogens is 4. The van der Waals surface area contributed by atoms with E-state index in [1.165, 1.54) is 24.3 Å². The fraction of sp³-hybridized carbons (Fsp3) is 0.143. The van der Waals surface area contributed by atoms with E-state index < -0.39 is 12.4 Å². The second kappa shape index (κ2) is 6.52. The zero-order chi connectivity index (χ0) is 14.5. The SMILES string of the molecule is Fc1cccc(Cl)c1CNc1ccc(OC(F)F)cc1. The van der Waals surface area contributed by atoms with Gasteiger partial charge in [-0.3, -0.25) is 0 Å². The molecule has 0 fully saturated rings. The second-order valence-corrected chi connectivity index (χ2v) is 4.36. The van der Waals surface area contributed by atoms with Crippen molar-refractivity contribution in [2.45, 2.75) is 13.2 Å². The predicted octanol–water partition coefficient (Wildman–Crippen LogP) is 4.69. The van der Waals surface area contributed by atoms with Gasteiger partial charge in [0.25, 0.3) is 0 Å². The molecular formula is C14H11ClF3NO. The van der Waals surface area contributed by atoms with Gasteiger partial charge in [0.05, 0.1) is 0 Å². The normalized spacial score (nSPS) is 10.7. The molecule has 0 unspecified atom stereocenters. The molecule has 2 aromatic rings. The van der Waals surface area contributed by atoms with Crippen LogP contribution in [0.25, 0.3) is 0 Å². The molecule has 0 bridgehead atoms. The fourth-order valence-electron chi connectivity index (χ4n) is 1.65. The molecule has 2 aromatic carbocycles. The van der Waals surface area contributed by atoms with Crippen LogP contribution in [0.5, 0.6) is 5.75 Å². The first kappa shape index (κ1) is 14.5. The van der Waals surface area contributed by atoms with Gasteiger partial charge in [-0.2, -0.15) is 8.78 Å². The van der Waals surface area contributed by atoms with Gasteiger partial charge in [0.15, 0.2) is 0 Å². The van der Waals surface area contributed by atoms with Crippen LogP contribution in [0.15, 0.2) is 42.5 Å². The third kappa shape index (κ3) is 3.81. The summed E-state index contributed by atoms with van der Waals surface area (Å²) in [6, 6.07) is 10.4. The van der Waals surface area contributed by atoms with Gasteiger partial charge in [-0.1, -0.05) is 17.7 Å². The van der Waals surface area contributed by atoms with E-state index in [9.17, 15) is 13.2 Å². The quantitative estimate of drug-likeness (QED) is 0.865. The maximum Gasteiger partial charge on any atom is 0.387 e. The predicted molar refractivity (Wildman–Crippen MR) is 71.8 cm³/mol. The molecule has 106 valence electrons. The van der Waals surface area contributed by atoms with E-state index >= 15 is 0 Å². The van der Waals surface area contributed by atoms with Gasteiger partial charge < -0.3 is 10.1 Å². The van der Waals surface area contributed by atoms with Gasteiger partial charge in [-0.15, -0.1) is 0 Å². The summed E-state index contributed by atoms with van der Waals surface area (Å²) in [5.41, 5.74) is 0.994. The Bertz CT molecular complexity index is 555. The van der Waals surface area contributed by atoms with E-state index in [1.54, 1.807) is 18.2 Å². The van der Waals surface area contributed by atoms with Crippen molar-refractivity contribution in [1.82, 2.24) is 0 Å². The number of anilines is 1. The van der Waals surface area contributed by atoms with E-state index in [2.05, 4.69) is 10.1 Å². The van der Waals surface area contributed by atoms with Crippen LogP contribution in [0.1, 0.15) is 5.56 Å². The van der Waals surface area contributed by atoms with Crippen molar-refractivity contribution in [1.29, 1.82) is 0 Å². The summed E-state index contributed by atoms with van der Waals surface area (Å²) in [6.07, 6.45) is 0. The van der Waals surface area contributed by atoms with Gasteiger partial charge in [0, 0.05) is 22.8 Å². The minimum absolute atomic E-state index is 0.0643. The Labute approximate surface area is 119 Å². The third-order valence-corrected chi connectivity index (χ3v) is 2.96. The number of ether oxygens (including phenoxy) is 1. The Balaban J connectivity index is 2.00. The fourth-order valence-corrected chi connectivity index (χ4v) is 1.88. The summed E-state index contributed by atoms with van der Waals surface area (Å²) in [4.78, 5) is 0. The van der Waals surface area contributed by atoms with Crippen molar-refractivity contribution in [2.24, 2.45) is 0 Å². The van der Waals surface area contributed by atoms with Crippen LogP contribution in [0, 0.1) is 5.82 Å². The molecule has 0 aromatic heterocycles. The number of hydrogen-bond acceptors (Lipinski definition) is 2. The van der Waals surface area contributed by atoms with Crippen LogP contribution in [-0.2, 0) is 6.54 Å². The lowest BCUT2D eigenvalue weighted by Gasteiger charge is -2.10. The lowest BCUT2D eigenvalue weighted by atomic mass is 10.2. The molecule has 0 aliphatic rings. The Kier molecular flexibility index (Phi) is 4.74. The largest absolute Gasteiger partial charge is 0.435 e. The third-order valence-electron chi connectivity index (χ3n) is 2.61. The first-order chi connectivity index (χ1) is 9.56. The molecule has 0 spiro atoms. The van der Waals surface area contributed by atoms with Crippen molar-refractivity contribution < 1.29 is 17.9 Å². The van der Waals surface area contributed by atoms with Gasteiger partial charge in [-0.25, -0.2) is 4.39 Å². The van der Waals surface area contributed by atoms with E-state index in [4.69, 9.17) is 11.6 Å². The Hall–Kier alpha value is -1.88. The average molecular weight is 302 g/mol. The lowest BCUT2D eigenvalue weighted by molar-refractivity contribution is -0.0498. The zero-order valence-electron chi connectivity index (χ0n) is 10.2. The van der Waals surface area contributed by atoms with Gasteiger partial charge in [0.1, 0.15) is 11.6 Å². The van der Waals surface area contributed by atoms with Gasteiger partial charge in [-0.05, 0) is 36.4 Å². The van der Waals surface area contributed by atoms with Crippen LogP contribution >= 0.6 is 11.6 Å². The molecule has 0 saturated carbocycles.